The molecule has 0 bridgehead atoms. The molecule has 2 heteroatoms. The van der Waals surface area contributed by atoms with Gasteiger partial charge in [0.25, 0.3) is 0 Å². The predicted molar refractivity (Wildman–Crippen MR) is 270 cm³/mol. The lowest BCUT2D eigenvalue weighted by Crippen LogP contribution is -2.14. The van der Waals surface area contributed by atoms with Gasteiger partial charge in [0.15, 0.2) is 0 Å². The Kier molecular flexibility index (Phi) is 7.98. The molecule has 0 saturated carbocycles. The molecule has 0 unspecified atom stereocenters. The van der Waals surface area contributed by atoms with Gasteiger partial charge in [-0.2, -0.15) is 0 Å². The molecule has 2 nitrogen and oxygen atoms in total. The summed E-state index contributed by atoms with van der Waals surface area (Å²) in [5.74, 6) is 0.924. The molecule has 0 amide bonds. The van der Waals surface area contributed by atoms with E-state index in [1.165, 1.54) is 87.6 Å². The van der Waals surface area contributed by atoms with Gasteiger partial charge in [-0.25, -0.2) is 4.98 Å². The molecule has 0 radical (unpaired) electrons. The number of rotatable bonds is 5. The molecule has 1 aliphatic rings. The minimum Gasteiger partial charge on any atom is -0.292 e. The van der Waals surface area contributed by atoms with Crippen LogP contribution in [0.5, 0.6) is 0 Å². The van der Waals surface area contributed by atoms with E-state index in [1.54, 1.807) is 0 Å². The standard InChI is InChI=1S/C62H42N2/c1-62(2)55-30-11-10-27-47(55)51-37-53-54(38-56(51)62)60(49-29-16-20-40-18-7-9-26-46(40)49)52-36-42(33-34-50(52)59(53)48-28-15-19-39-17-6-8-25-45(39)48)41-21-14-22-43(35-41)61-63-57-31-12-13-32-58(57)64(61)44-23-4-3-5-24-44/h3-38H,1-2H3. The van der Waals surface area contributed by atoms with Gasteiger partial charge in [-0.05, 0) is 147 Å². The van der Waals surface area contributed by atoms with Crippen molar-refractivity contribution in [1.82, 2.24) is 9.55 Å². The topological polar surface area (TPSA) is 17.8 Å². The molecular formula is C62H42N2. The largest absolute Gasteiger partial charge is 0.292 e. The summed E-state index contributed by atoms with van der Waals surface area (Å²) in [6.45, 7) is 4.79. The molecule has 64 heavy (non-hydrogen) atoms. The van der Waals surface area contributed by atoms with Crippen LogP contribution in [0.25, 0.3) is 116 Å². The SMILES string of the molecule is CC1(C)c2ccccc2-c2cc3c(-c4cccc5ccccc45)c4ccc(-c5cccc(-c6nc7ccccc7n6-c6ccccc6)c5)cc4c(-c4cccc5ccccc45)c3cc21. The lowest BCUT2D eigenvalue weighted by Gasteiger charge is -2.24. The van der Waals surface area contributed by atoms with E-state index in [0.717, 1.165) is 39.2 Å². The second kappa shape index (κ2) is 14.0. The Balaban J connectivity index is 1.14. The smallest absolute Gasteiger partial charge is 0.145 e. The van der Waals surface area contributed by atoms with Crippen LogP contribution in [0.1, 0.15) is 25.0 Å². The molecule has 12 aromatic rings. The Bertz CT molecular complexity index is 3860. The number of para-hydroxylation sites is 3. The maximum atomic E-state index is 5.25. The minimum atomic E-state index is -0.163. The number of fused-ring (bicyclic) bond motifs is 8. The molecular weight excluding hydrogens is 773 g/mol. The predicted octanol–water partition coefficient (Wildman–Crippen LogP) is 16.6. The third-order valence-corrected chi connectivity index (χ3v) is 14.0. The fourth-order valence-electron chi connectivity index (χ4n) is 11.0. The van der Waals surface area contributed by atoms with Crippen LogP contribution in [0.3, 0.4) is 0 Å². The Morgan fingerprint density at radius 3 is 1.70 bits per heavy atom. The Labute approximate surface area is 372 Å². The van der Waals surface area contributed by atoms with Crippen LogP contribution >= 0.6 is 0 Å². The lowest BCUT2D eigenvalue weighted by molar-refractivity contribution is 0.661. The first kappa shape index (κ1) is 36.6. The van der Waals surface area contributed by atoms with E-state index in [-0.39, 0.29) is 5.41 Å². The third kappa shape index (κ3) is 5.42. The highest BCUT2D eigenvalue weighted by Crippen LogP contribution is 2.54. The molecule has 0 spiro atoms. The van der Waals surface area contributed by atoms with Gasteiger partial charge in [-0.15, -0.1) is 0 Å². The molecule has 0 atom stereocenters. The molecule has 1 heterocycles. The number of nitrogens with zero attached hydrogens (tertiary/aromatic N) is 2. The maximum Gasteiger partial charge on any atom is 0.145 e. The van der Waals surface area contributed by atoms with Crippen molar-refractivity contribution in [2.75, 3.05) is 0 Å². The van der Waals surface area contributed by atoms with Gasteiger partial charge >= 0.3 is 0 Å². The highest BCUT2D eigenvalue weighted by Gasteiger charge is 2.36. The van der Waals surface area contributed by atoms with Crippen molar-refractivity contribution in [1.29, 1.82) is 0 Å². The van der Waals surface area contributed by atoms with E-state index in [0.29, 0.717) is 0 Å². The van der Waals surface area contributed by atoms with Gasteiger partial charge in [-0.3, -0.25) is 4.57 Å². The van der Waals surface area contributed by atoms with Crippen LogP contribution < -0.4 is 0 Å². The Morgan fingerprint density at radius 1 is 0.359 bits per heavy atom. The summed E-state index contributed by atoms with van der Waals surface area (Å²) in [5.41, 5.74) is 16.8. The van der Waals surface area contributed by atoms with Gasteiger partial charge in [0, 0.05) is 16.7 Å². The van der Waals surface area contributed by atoms with E-state index in [9.17, 15) is 0 Å². The summed E-state index contributed by atoms with van der Waals surface area (Å²) >= 11 is 0. The van der Waals surface area contributed by atoms with E-state index in [2.05, 4.69) is 237 Å². The fraction of sp³-hybridized carbons (Fsp3) is 0.0484. The summed E-state index contributed by atoms with van der Waals surface area (Å²) < 4.78 is 2.29. The summed E-state index contributed by atoms with van der Waals surface area (Å²) in [4.78, 5) is 5.25. The van der Waals surface area contributed by atoms with Crippen molar-refractivity contribution in [3.8, 4) is 61.6 Å². The zero-order valence-corrected chi connectivity index (χ0v) is 35.7. The third-order valence-electron chi connectivity index (χ3n) is 14.0. The van der Waals surface area contributed by atoms with Gasteiger partial charge in [-0.1, -0.05) is 184 Å². The lowest BCUT2D eigenvalue weighted by atomic mass is 9.78. The van der Waals surface area contributed by atoms with E-state index in [4.69, 9.17) is 4.98 Å². The molecule has 0 N–H and O–H groups in total. The number of benzene rings is 11. The second-order valence-electron chi connectivity index (χ2n) is 17.9. The molecule has 13 rings (SSSR count). The first-order valence-corrected chi connectivity index (χ1v) is 22.3. The van der Waals surface area contributed by atoms with Crippen LogP contribution in [-0.2, 0) is 5.41 Å². The Morgan fingerprint density at radius 2 is 0.922 bits per heavy atom. The molecule has 0 fully saturated rings. The molecule has 300 valence electrons. The highest BCUT2D eigenvalue weighted by molar-refractivity contribution is 6.26. The van der Waals surface area contributed by atoms with Crippen LogP contribution in [0, 0.1) is 0 Å². The van der Waals surface area contributed by atoms with Gasteiger partial charge in [0.2, 0.25) is 0 Å². The number of aromatic nitrogens is 2. The van der Waals surface area contributed by atoms with E-state index < -0.39 is 0 Å². The normalized spacial score (nSPS) is 13.0. The monoisotopic (exact) mass is 814 g/mol. The first-order chi connectivity index (χ1) is 31.5. The summed E-state index contributed by atoms with van der Waals surface area (Å²) in [7, 11) is 0. The highest BCUT2D eigenvalue weighted by atomic mass is 15.1. The molecule has 1 aromatic heterocycles. The van der Waals surface area contributed by atoms with Crippen LogP contribution in [-0.4, -0.2) is 9.55 Å². The van der Waals surface area contributed by atoms with Gasteiger partial charge in [0.05, 0.1) is 11.0 Å². The number of imidazole rings is 1. The van der Waals surface area contributed by atoms with Crippen molar-refractivity contribution in [2.24, 2.45) is 0 Å². The summed E-state index contributed by atoms with van der Waals surface area (Å²) in [6.07, 6.45) is 0. The maximum absolute atomic E-state index is 5.25. The molecule has 1 aliphatic carbocycles. The minimum absolute atomic E-state index is 0.163. The zero-order valence-electron chi connectivity index (χ0n) is 35.7. The van der Waals surface area contributed by atoms with E-state index in [1.807, 2.05) is 0 Å². The van der Waals surface area contributed by atoms with Crippen molar-refractivity contribution in [2.45, 2.75) is 19.3 Å². The van der Waals surface area contributed by atoms with Crippen molar-refractivity contribution < 1.29 is 0 Å². The van der Waals surface area contributed by atoms with Crippen molar-refractivity contribution in [3.05, 3.63) is 230 Å². The van der Waals surface area contributed by atoms with Gasteiger partial charge in [0.1, 0.15) is 5.82 Å². The van der Waals surface area contributed by atoms with Crippen molar-refractivity contribution >= 4 is 54.1 Å². The number of hydrogen-bond acceptors (Lipinski definition) is 1. The first-order valence-electron chi connectivity index (χ1n) is 22.3. The average molecular weight is 815 g/mol. The van der Waals surface area contributed by atoms with E-state index >= 15 is 0 Å². The molecule has 11 aromatic carbocycles. The fourth-order valence-corrected chi connectivity index (χ4v) is 11.0. The van der Waals surface area contributed by atoms with Crippen LogP contribution in [0.15, 0.2) is 218 Å². The molecule has 0 saturated heterocycles. The quantitative estimate of drug-likeness (QED) is 0.158. The second-order valence-corrected chi connectivity index (χ2v) is 17.9. The van der Waals surface area contributed by atoms with Gasteiger partial charge < -0.3 is 0 Å². The Hall–Kier alpha value is -8.07. The molecule has 0 aliphatic heterocycles. The van der Waals surface area contributed by atoms with Crippen LogP contribution in [0.4, 0.5) is 0 Å². The van der Waals surface area contributed by atoms with Crippen molar-refractivity contribution in [3.63, 3.8) is 0 Å². The zero-order chi connectivity index (χ0) is 42.5. The summed E-state index contributed by atoms with van der Waals surface area (Å²) in [6, 6.07) is 80.5. The number of hydrogen-bond donors (Lipinski definition) is 0. The van der Waals surface area contributed by atoms with Crippen LogP contribution in [0.2, 0.25) is 0 Å². The average Bonchev–Trinajstić information content (AvgIpc) is 3.85. The summed E-state index contributed by atoms with van der Waals surface area (Å²) in [5, 5.41) is 10.00.